The van der Waals surface area contributed by atoms with Gasteiger partial charge in [-0.25, -0.2) is 0 Å². The third-order valence-electron chi connectivity index (χ3n) is 5.47. The minimum absolute atomic E-state index is 0.0758. The molecule has 5 unspecified atom stereocenters. The van der Waals surface area contributed by atoms with Gasteiger partial charge in [-0.3, -0.25) is 0 Å². The van der Waals surface area contributed by atoms with Gasteiger partial charge in [0, 0.05) is 23.5 Å². The van der Waals surface area contributed by atoms with Crippen molar-refractivity contribution in [1.82, 2.24) is 0 Å². The first-order valence-corrected chi connectivity index (χ1v) is 9.00. The highest BCUT2D eigenvalue weighted by atomic mass is 16.4. The zero-order chi connectivity index (χ0) is 19.8. The molecule has 0 amide bonds. The Balaban J connectivity index is 2.33. The number of fused-ring (bicyclic) bond motifs is 1. The number of aryl methyl sites for hydroxylation is 1. The quantitative estimate of drug-likeness (QED) is 0.393. The highest BCUT2D eigenvalue weighted by molar-refractivity contribution is 5.67. The minimum atomic E-state index is -1.63. The summed E-state index contributed by atoms with van der Waals surface area (Å²) in [5.74, 6) is 0.294. The molecule has 1 aromatic carbocycles. The fraction of sp³-hybridized carbons (Fsp3) is 0.684. The molecule has 7 heteroatoms. The Morgan fingerprint density at radius 3 is 2.31 bits per heavy atom. The van der Waals surface area contributed by atoms with Crippen LogP contribution in [0.3, 0.4) is 0 Å². The largest absolute Gasteiger partial charge is 0.399 e. The highest BCUT2D eigenvalue weighted by Gasteiger charge is 2.39. The van der Waals surface area contributed by atoms with Gasteiger partial charge in [-0.05, 0) is 56.4 Å². The summed E-state index contributed by atoms with van der Waals surface area (Å²) in [5.41, 5.74) is 9.47. The van der Waals surface area contributed by atoms with Gasteiger partial charge in [-0.1, -0.05) is 6.92 Å². The van der Waals surface area contributed by atoms with E-state index in [0.717, 1.165) is 28.9 Å². The molecule has 0 bridgehead atoms. The van der Waals surface area contributed by atoms with Crippen molar-refractivity contribution >= 4 is 11.4 Å². The molecular formula is C19H32N2O5. The van der Waals surface area contributed by atoms with E-state index >= 15 is 0 Å². The summed E-state index contributed by atoms with van der Waals surface area (Å²) in [6.07, 6.45) is -5.18. The first kappa shape index (κ1) is 20.9. The zero-order valence-electron chi connectivity index (χ0n) is 15.9. The Morgan fingerprint density at radius 1 is 1.15 bits per heavy atom. The van der Waals surface area contributed by atoms with E-state index in [1.54, 1.807) is 0 Å². The van der Waals surface area contributed by atoms with Gasteiger partial charge >= 0.3 is 0 Å². The maximum Gasteiger partial charge on any atom is 0.111 e. The van der Waals surface area contributed by atoms with E-state index in [9.17, 15) is 20.4 Å². The number of hydrogen-bond acceptors (Lipinski definition) is 7. The summed E-state index contributed by atoms with van der Waals surface area (Å²) in [4.78, 5) is 2.01. The second-order valence-electron chi connectivity index (χ2n) is 8.09. The first-order chi connectivity index (χ1) is 12.0. The lowest BCUT2D eigenvalue weighted by Gasteiger charge is -2.49. The summed E-state index contributed by atoms with van der Waals surface area (Å²) >= 11 is 0. The van der Waals surface area contributed by atoms with Crippen molar-refractivity contribution in [3.05, 3.63) is 23.3 Å². The van der Waals surface area contributed by atoms with Crippen LogP contribution < -0.4 is 10.6 Å². The molecule has 0 aromatic heterocycles. The summed E-state index contributed by atoms with van der Waals surface area (Å²) < 4.78 is 0. The molecule has 26 heavy (non-hydrogen) atoms. The molecule has 0 radical (unpaired) electrons. The van der Waals surface area contributed by atoms with Gasteiger partial charge in [0.2, 0.25) is 0 Å². The Bertz CT molecular complexity index is 637. The molecule has 0 aliphatic carbocycles. The van der Waals surface area contributed by atoms with Crippen LogP contribution >= 0.6 is 0 Å². The number of benzene rings is 1. The number of β-amino-alcohol motifs (C(OH)–C–C–N with tert-alkyl or cyclic N) is 1. The van der Waals surface area contributed by atoms with Gasteiger partial charge in [0.05, 0.1) is 12.7 Å². The van der Waals surface area contributed by atoms with Crippen molar-refractivity contribution in [1.29, 1.82) is 0 Å². The molecule has 148 valence electrons. The maximum atomic E-state index is 10.5. The third kappa shape index (κ3) is 3.97. The Morgan fingerprint density at radius 2 is 1.73 bits per heavy atom. The standard InChI is InChI=1S/C19H32N2O5/c1-10-5-14-12(6-13(10)20)11(2)7-19(3,4)21(14)8-15(23)17(25)18(26)16(24)9-22/h5-6,11,15-18,22-26H,7-9,20H2,1-4H3. The number of hydrogen-bond donors (Lipinski definition) is 6. The van der Waals surface area contributed by atoms with Crippen molar-refractivity contribution in [2.75, 3.05) is 23.8 Å². The van der Waals surface area contributed by atoms with Gasteiger partial charge in [0.15, 0.2) is 0 Å². The van der Waals surface area contributed by atoms with Crippen molar-refractivity contribution in [3.8, 4) is 0 Å². The monoisotopic (exact) mass is 368 g/mol. The molecule has 0 fully saturated rings. The van der Waals surface area contributed by atoms with E-state index in [4.69, 9.17) is 10.8 Å². The minimum Gasteiger partial charge on any atom is -0.399 e. The van der Waals surface area contributed by atoms with Crippen LogP contribution in [0.5, 0.6) is 0 Å². The number of aliphatic hydroxyl groups is 5. The Hall–Kier alpha value is -1.38. The molecule has 7 nitrogen and oxygen atoms in total. The summed E-state index contributed by atoms with van der Waals surface area (Å²) in [7, 11) is 0. The van der Waals surface area contributed by atoms with Gasteiger partial charge in [0.25, 0.3) is 0 Å². The SMILES string of the molecule is Cc1cc2c(cc1N)C(C)CC(C)(C)N2CC(O)C(O)C(O)C(O)CO. The predicted octanol–water partition coefficient (Wildman–Crippen LogP) is 0.105. The molecule has 0 spiro atoms. The average molecular weight is 368 g/mol. The van der Waals surface area contributed by atoms with E-state index in [-0.39, 0.29) is 12.1 Å². The number of nitrogens with zero attached hydrogens (tertiary/aromatic N) is 1. The molecule has 1 aliphatic rings. The van der Waals surface area contributed by atoms with E-state index in [0.29, 0.717) is 5.92 Å². The molecule has 5 atom stereocenters. The highest BCUT2D eigenvalue weighted by Crippen LogP contribution is 2.44. The van der Waals surface area contributed by atoms with Crippen LogP contribution in [0.15, 0.2) is 12.1 Å². The Labute approximate surface area is 154 Å². The van der Waals surface area contributed by atoms with Crippen LogP contribution in [0.1, 0.15) is 44.2 Å². The lowest BCUT2D eigenvalue weighted by molar-refractivity contribution is -0.113. The fourth-order valence-electron chi connectivity index (χ4n) is 3.85. The van der Waals surface area contributed by atoms with Crippen LogP contribution in [-0.4, -0.2) is 68.6 Å². The average Bonchev–Trinajstić information content (AvgIpc) is 2.57. The molecule has 1 aromatic rings. The van der Waals surface area contributed by atoms with Gasteiger partial charge in [0.1, 0.15) is 18.3 Å². The van der Waals surface area contributed by atoms with Crippen LogP contribution in [0.4, 0.5) is 11.4 Å². The van der Waals surface area contributed by atoms with Gasteiger partial charge < -0.3 is 36.2 Å². The second kappa shape index (κ2) is 7.70. The molecular weight excluding hydrogens is 336 g/mol. The smallest absolute Gasteiger partial charge is 0.111 e. The van der Waals surface area contributed by atoms with Crippen molar-refractivity contribution in [2.45, 2.75) is 70.0 Å². The lowest BCUT2D eigenvalue weighted by Crippen LogP contribution is -2.55. The van der Waals surface area contributed by atoms with E-state index in [2.05, 4.69) is 20.8 Å². The Kier molecular flexibility index (Phi) is 6.20. The first-order valence-electron chi connectivity index (χ1n) is 9.00. The normalized spacial score (nSPS) is 23.9. The van der Waals surface area contributed by atoms with E-state index in [1.807, 2.05) is 24.0 Å². The van der Waals surface area contributed by atoms with Crippen molar-refractivity contribution < 1.29 is 25.5 Å². The summed E-state index contributed by atoms with van der Waals surface area (Å²) in [5, 5.41) is 49.0. The van der Waals surface area contributed by atoms with Gasteiger partial charge in [-0.2, -0.15) is 0 Å². The number of nitrogens with two attached hydrogens (primary N) is 1. The number of aliphatic hydroxyl groups excluding tert-OH is 5. The molecule has 0 saturated carbocycles. The van der Waals surface area contributed by atoms with Crippen molar-refractivity contribution in [3.63, 3.8) is 0 Å². The maximum absolute atomic E-state index is 10.5. The molecule has 1 heterocycles. The van der Waals surface area contributed by atoms with Gasteiger partial charge in [-0.15, -0.1) is 0 Å². The number of rotatable bonds is 6. The zero-order valence-corrected chi connectivity index (χ0v) is 15.9. The van der Waals surface area contributed by atoms with Crippen LogP contribution in [0.2, 0.25) is 0 Å². The van der Waals surface area contributed by atoms with Crippen molar-refractivity contribution in [2.24, 2.45) is 0 Å². The van der Waals surface area contributed by atoms with Crippen LogP contribution in [0.25, 0.3) is 0 Å². The predicted molar refractivity (Wildman–Crippen MR) is 101 cm³/mol. The molecule has 2 rings (SSSR count). The van der Waals surface area contributed by atoms with E-state index < -0.39 is 31.0 Å². The van der Waals surface area contributed by atoms with Crippen LogP contribution in [-0.2, 0) is 0 Å². The number of anilines is 2. The molecule has 1 aliphatic heterocycles. The topological polar surface area (TPSA) is 130 Å². The molecule has 0 saturated heterocycles. The summed E-state index contributed by atoms with van der Waals surface area (Å²) in [6, 6.07) is 3.95. The number of nitrogen functional groups attached to an aromatic ring is 1. The lowest BCUT2D eigenvalue weighted by atomic mass is 9.79. The molecule has 7 N–H and O–H groups in total. The fourth-order valence-corrected chi connectivity index (χ4v) is 3.85. The summed E-state index contributed by atoms with van der Waals surface area (Å²) in [6.45, 7) is 7.57. The van der Waals surface area contributed by atoms with Crippen LogP contribution in [0, 0.1) is 6.92 Å². The second-order valence-corrected chi connectivity index (χ2v) is 8.09. The third-order valence-corrected chi connectivity index (χ3v) is 5.47. The van der Waals surface area contributed by atoms with E-state index in [1.165, 1.54) is 0 Å².